The average molecular weight is 235 g/mol. The summed E-state index contributed by atoms with van der Waals surface area (Å²) in [7, 11) is 1.72. The topological polar surface area (TPSA) is 21.3 Å². The van der Waals surface area contributed by atoms with Crippen molar-refractivity contribution in [3.63, 3.8) is 0 Å². The molecule has 1 unspecified atom stereocenters. The number of aryl methyl sites for hydroxylation is 2. The molecule has 0 saturated heterocycles. The van der Waals surface area contributed by atoms with Crippen LogP contribution in [0, 0.1) is 6.92 Å². The standard InChI is InChI=1S/C15H25NO/c1-5-14(16-6-2)9-7-13-8-10-15(17-4)11-12(13)3/h8,10-11,14,16H,5-7,9H2,1-4H3. The van der Waals surface area contributed by atoms with Crippen LogP contribution in [0.5, 0.6) is 5.75 Å². The van der Waals surface area contributed by atoms with E-state index in [0.29, 0.717) is 6.04 Å². The van der Waals surface area contributed by atoms with Crippen LogP contribution in [-0.4, -0.2) is 19.7 Å². The van der Waals surface area contributed by atoms with Crippen LogP contribution in [0.15, 0.2) is 18.2 Å². The Morgan fingerprint density at radius 3 is 2.59 bits per heavy atom. The minimum Gasteiger partial charge on any atom is -0.497 e. The molecule has 0 spiro atoms. The van der Waals surface area contributed by atoms with E-state index in [2.05, 4.69) is 44.3 Å². The molecule has 96 valence electrons. The van der Waals surface area contributed by atoms with Crippen molar-refractivity contribution in [2.75, 3.05) is 13.7 Å². The molecular weight excluding hydrogens is 210 g/mol. The largest absolute Gasteiger partial charge is 0.497 e. The summed E-state index contributed by atoms with van der Waals surface area (Å²) in [4.78, 5) is 0. The second-order valence-electron chi connectivity index (χ2n) is 4.49. The number of benzene rings is 1. The van der Waals surface area contributed by atoms with Crippen molar-refractivity contribution in [1.29, 1.82) is 0 Å². The van der Waals surface area contributed by atoms with E-state index in [4.69, 9.17) is 4.74 Å². The first-order chi connectivity index (χ1) is 8.21. The summed E-state index contributed by atoms with van der Waals surface area (Å²) in [6.07, 6.45) is 3.54. The molecule has 1 rings (SSSR count). The van der Waals surface area contributed by atoms with Gasteiger partial charge >= 0.3 is 0 Å². The van der Waals surface area contributed by atoms with Crippen LogP contribution in [-0.2, 0) is 6.42 Å². The Balaban J connectivity index is 2.56. The fourth-order valence-corrected chi connectivity index (χ4v) is 2.14. The quantitative estimate of drug-likeness (QED) is 0.782. The fraction of sp³-hybridized carbons (Fsp3) is 0.600. The number of methoxy groups -OCH3 is 1. The number of ether oxygens (including phenoxy) is 1. The molecule has 0 aliphatic heterocycles. The molecule has 0 heterocycles. The second kappa shape index (κ2) is 7.33. The van der Waals surface area contributed by atoms with E-state index in [1.807, 2.05) is 0 Å². The lowest BCUT2D eigenvalue weighted by molar-refractivity contribution is 0.414. The van der Waals surface area contributed by atoms with E-state index in [0.717, 1.165) is 18.7 Å². The van der Waals surface area contributed by atoms with E-state index >= 15 is 0 Å². The molecule has 0 bridgehead atoms. The van der Waals surface area contributed by atoms with Crippen LogP contribution >= 0.6 is 0 Å². The van der Waals surface area contributed by atoms with E-state index < -0.39 is 0 Å². The highest BCUT2D eigenvalue weighted by Crippen LogP contribution is 2.18. The van der Waals surface area contributed by atoms with Crippen LogP contribution in [0.1, 0.15) is 37.8 Å². The third kappa shape index (κ3) is 4.39. The average Bonchev–Trinajstić information content (AvgIpc) is 2.35. The Labute approximate surface area is 105 Å². The zero-order valence-corrected chi connectivity index (χ0v) is 11.5. The summed E-state index contributed by atoms with van der Waals surface area (Å²) in [6, 6.07) is 6.99. The molecule has 0 radical (unpaired) electrons. The zero-order valence-electron chi connectivity index (χ0n) is 11.5. The summed E-state index contributed by atoms with van der Waals surface area (Å²) >= 11 is 0. The minimum absolute atomic E-state index is 0.640. The lowest BCUT2D eigenvalue weighted by Crippen LogP contribution is -2.28. The molecule has 2 heteroatoms. The normalized spacial score (nSPS) is 12.5. The van der Waals surface area contributed by atoms with Crippen molar-refractivity contribution in [2.45, 2.75) is 46.1 Å². The molecule has 1 atom stereocenters. The molecule has 2 nitrogen and oxygen atoms in total. The van der Waals surface area contributed by atoms with Crippen LogP contribution in [0.4, 0.5) is 0 Å². The van der Waals surface area contributed by atoms with Gasteiger partial charge in [-0.15, -0.1) is 0 Å². The van der Waals surface area contributed by atoms with Gasteiger partial charge in [0, 0.05) is 6.04 Å². The first-order valence-corrected chi connectivity index (χ1v) is 6.58. The Hall–Kier alpha value is -1.02. The molecule has 1 aromatic carbocycles. The predicted octanol–water partition coefficient (Wildman–Crippen LogP) is 3.32. The molecule has 0 saturated carbocycles. The van der Waals surface area contributed by atoms with Crippen LogP contribution in [0.25, 0.3) is 0 Å². The monoisotopic (exact) mass is 235 g/mol. The summed E-state index contributed by atoms with van der Waals surface area (Å²) in [5.41, 5.74) is 2.76. The highest BCUT2D eigenvalue weighted by Gasteiger charge is 2.06. The molecule has 0 aliphatic rings. The van der Waals surface area contributed by atoms with Crippen molar-refractivity contribution in [2.24, 2.45) is 0 Å². The van der Waals surface area contributed by atoms with Gasteiger partial charge in [0.1, 0.15) is 5.75 Å². The van der Waals surface area contributed by atoms with Gasteiger partial charge < -0.3 is 10.1 Å². The van der Waals surface area contributed by atoms with Gasteiger partial charge in [-0.25, -0.2) is 0 Å². The van der Waals surface area contributed by atoms with Crippen LogP contribution in [0.2, 0.25) is 0 Å². The van der Waals surface area contributed by atoms with Crippen LogP contribution < -0.4 is 10.1 Å². The molecule has 0 fully saturated rings. The first kappa shape index (κ1) is 14.0. The smallest absolute Gasteiger partial charge is 0.119 e. The van der Waals surface area contributed by atoms with Gasteiger partial charge in [-0.2, -0.15) is 0 Å². The predicted molar refractivity (Wildman–Crippen MR) is 73.8 cm³/mol. The van der Waals surface area contributed by atoms with Gasteiger partial charge in [0.05, 0.1) is 7.11 Å². The summed E-state index contributed by atoms with van der Waals surface area (Å²) in [6.45, 7) is 7.63. The van der Waals surface area contributed by atoms with E-state index in [1.165, 1.54) is 24.0 Å². The maximum atomic E-state index is 5.22. The number of nitrogens with one attached hydrogen (secondary N) is 1. The van der Waals surface area contributed by atoms with Gasteiger partial charge in [0.25, 0.3) is 0 Å². The molecule has 1 aromatic rings. The van der Waals surface area contributed by atoms with Gasteiger partial charge in [-0.3, -0.25) is 0 Å². The van der Waals surface area contributed by atoms with Gasteiger partial charge in [0.2, 0.25) is 0 Å². The number of rotatable bonds is 7. The van der Waals surface area contributed by atoms with Gasteiger partial charge in [-0.05, 0) is 56.0 Å². The number of hydrogen-bond acceptors (Lipinski definition) is 2. The minimum atomic E-state index is 0.640. The van der Waals surface area contributed by atoms with E-state index in [9.17, 15) is 0 Å². The Kier molecular flexibility index (Phi) is 6.06. The molecule has 1 N–H and O–H groups in total. The Bertz CT molecular complexity index is 336. The summed E-state index contributed by atoms with van der Waals surface area (Å²) < 4.78 is 5.22. The van der Waals surface area contributed by atoms with Crippen molar-refractivity contribution >= 4 is 0 Å². The van der Waals surface area contributed by atoms with Crippen molar-refractivity contribution in [3.05, 3.63) is 29.3 Å². The van der Waals surface area contributed by atoms with E-state index in [-0.39, 0.29) is 0 Å². The van der Waals surface area contributed by atoms with Crippen molar-refractivity contribution in [3.8, 4) is 5.75 Å². The SMILES string of the molecule is CCNC(CC)CCc1ccc(OC)cc1C. The fourth-order valence-electron chi connectivity index (χ4n) is 2.14. The third-order valence-corrected chi connectivity index (χ3v) is 3.30. The highest BCUT2D eigenvalue weighted by atomic mass is 16.5. The van der Waals surface area contributed by atoms with Gasteiger partial charge in [-0.1, -0.05) is 19.9 Å². The third-order valence-electron chi connectivity index (χ3n) is 3.30. The van der Waals surface area contributed by atoms with Gasteiger partial charge in [0.15, 0.2) is 0 Å². The summed E-state index contributed by atoms with van der Waals surface area (Å²) in [5, 5.41) is 3.52. The molecule has 17 heavy (non-hydrogen) atoms. The Morgan fingerprint density at radius 2 is 2.06 bits per heavy atom. The highest BCUT2D eigenvalue weighted by molar-refractivity contribution is 5.34. The maximum absolute atomic E-state index is 5.22. The van der Waals surface area contributed by atoms with Crippen LogP contribution in [0.3, 0.4) is 0 Å². The number of hydrogen-bond donors (Lipinski definition) is 1. The zero-order chi connectivity index (χ0) is 12.7. The van der Waals surface area contributed by atoms with Crippen molar-refractivity contribution in [1.82, 2.24) is 5.32 Å². The maximum Gasteiger partial charge on any atom is 0.119 e. The Morgan fingerprint density at radius 1 is 1.29 bits per heavy atom. The molecule has 0 amide bonds. The molecule has 0 aromatic heterocycles. The summed E-state index contributed by atoms with van der Waals surface area (Å²) in [5.74, 6) is 0.949. The molecule has 0 aliphatic carbocycles. The van der Waals surface area contributed by atoms with E-state index in [1.54, 1.807) is 7.11 Å². The lowest BCUT2D eigenvalue weighted by atomic mass is 9.99. The first-order valence-electron chi connectivity index (χ1n) is 6.58. The van der Waals surface area contributed by atoms with Crippen molar-refractivity contribution < 1.29 is 4.74 Å². The molecular formula is C15H25NO. The lowest BCUT2D eigenvalue weighted by Gasteiger charge is -2.16. The second-order valence-corrected chi connectivity index (χ2v) is 4.49.